The minimum Gasteiger partial charge on any atom is -0.394 e. The van der Waals surface area contributed by atoms with Crippen molar-refractivity contribution in [2.45, 2.75) is 19.0 Å². The van der Waals surface area contributed by atoms with Crippen LogP contribution in [-0.4, -0.2) is 11.7 Å². The lowest BCUT2D eigenvalue weighted by atomic mass is 10.0. The number of hydrogen-bond acceptors (Lipinski definition) is 2. The molecule has 4 heteroatoms. The molecule has 0 aliphatic heterocycles. The summed E-state index contributed by atoms with van der Waals surface area (Å²) in [5.74, 6) is 0. The number of halogens is 2. The van der Waals surface area contributed by atoms with Gasteiger partial charge in [-0.2, -0.15) is 0 Å². The highest BCUT2D eigenvalue weighted by Crippen LogP contribution is 2.28. The molecule has 0 heterocycles. The first kappa shape index (κ1) is 15.3. The van der Waals surface area contributed by atoms with Gasteiger partial charge in [-0.3, -0.25) is 0 Å². The number of benzene rings is 2. The highest BCUT2D eigenvalue weighted by molar-refractivity contribution is 6.33. The van der Waals surface area contributed by atoms with Gasteiger partial charge in [0.2, 0.25) is 0 Å². The summed E-state index contributed by atoms with van der Waals surface area (Å²) in [4.78, 5) is 0. The zero-order valence-electron chi connectivity index (χ0n) is 11.2. The van der Waals surface area contributed by atoms with Crippen molar-refractivity contribution >= 4 is 23.2 Å². The summed E-state index contributed by atoms with van der Waals surface area (Å²) < 4.78 is 0. The van der Waals surface area contributed by atoms with Crippen LogP contribution in [0.25, 0.3) is 0 Å². The fourth-order valence-electron chi connectivity index (χ4n) is 2.18. The molecule has 2 N–H and O–H groups in total. The number of rotatable bonds is 5. The SMILES string of the molecule is CC(N[C@@H](CO)c1ccccc1)c1cc(Cl)ccc1Cl. The molecule has 0 aliphatic carbocycles. The summed E-state index contributed by atoms with van der Waals surface area (Å²) in [6.07, 6.45) is 0. The normalized spacial score (nSPS) is 14.0. The van der Waals surface area contributed by atoms with Crippen LogP contribution < -0.4 is 5.32 Å². The Labute approximate surface area is 129 Å². The number of aliphatic hydroxyl groups excluding tert-OH is 1. The van der Waals surface area contributed by atoms with Crippen LogP contribution in [0.15, 0.2) is 48.5 Å². The van der Waals surface area contributed by atoms with Crippen molar-refractivity contribution in [3.05, 3.63) is 69.7 Å². The summed E-state index contributed by atoms with van der Waals surface area (Å²) in [6.45, 7) is 2.02. The molecular weight excluding hydrogens is 293 g/mol. The van der Waals surface area contributed by atoms with Gasteiger partial charge < -0.3 is 10.4 Å². The maximum Gasteiger partial charge on any atom is 0.0626 e. The molecule has 2 aromatic carbocycles. The predicted molar refractivity (Wildman–Crippen MR) is 84.3 cm³/mol. The first-order chi connectivity index (χ1) is 9.61. The van der Waals surface area contributed by atoms with Gasteiger partial charge in [0.15, 0.2) is 0 Å². The quantitative estimate of drug-likeness (QED) is 0.859. The van der Waals surface area contributed by atoms with Gasteiger partial charge >= 0.3 is 0 Å². The van der Waals surface area contributed by atoms with Gasteiger partial charge in [0.25, 0.3) is 0 Å². The molecule has 0 amide bonds. The molecule has 0 saturated carbocycles. The molecule has 2 atom stereocenters. The second-order valence-electron chi connectivity index (χ2n) is 4.70. The Balaban J connectivity index is 2.17. The smallest absolute Gasteiger partial charge is 0.0626 e. The van der Waals surface area contributed by atoms with Crippen LogP contribution in [0.1, 0.15) is 30.1 Å². The molecule has 106 valence electrons. The highest BCUT2D eigenvalue weighted by atomic mass is 35.5. The van der Waals surface area contributed by atoms with Gasteiger partial charge in [-0.05, 0) is 36.2 Å². The van der Waals surface area contributed by atoms with Gasteiger partial charge in [-0.1, -0.05) is 53.5 Å². The van der Waals surface area contributed by atoms with Gasteiger partial charge in [0, 0.05) is 16.1 Å². The lowest BCUT2D eigenvalue weighted by Crippen LogP contribution is -2.27. The van der Waals surface area contributed by atoms with E-state index in [9.17, 15) is 5.11 Å². The van der Waals surface area contributed by atoms with E-state index >= 15 is 0 Å². The van der Waals surface area contributed by atoms with E-state index in [2.05, 4.69) is 5.32 Å². The monoisotopic (exact) mass is 309 g/mol. The maximum atomic E-state index is 9.58. The third-order valence-electron chi connectivity index (χ3n) is 3.26. The summed E-state index contributed by atoms with van der Waals surface area (Å²) in [6, 6.07) is 15.1. The topological polar surface area (TPSA) is 32.3 Å². The fourth-order valence-corrected chi connectivity index (χ4v) is 2.64. The summed E-state index contributed by atoms with van der Waals surface area (Å²) in [5, 5.41) is 14.3. The number of hydrogen-bond donors (Lipinski definition) is 2. The van der Waals surface area contributed by atoms with E-state index in [1.807, 2.05) is 43.3 Å². The van der Waals surface area contributed by atoms with Crippen molar-refractivity contribution in [3.8, 4) is 0 Å². The molecule has 0 radical (unpaired) electrons. The van der Waals surface area contributed by atoms with E-state index in [0.717, 1.165) is 11.1 Å². The van der Waals surface area contributed by atoms with Crippen molar-refractivity contribution in [3.63, 3.8) is 0 Å². The third kappa shape index (κ3) is 3.74. The molecule has 2 aromatic rings. The lowest BCUT2D eigenvalue weighted by molar-refractivity contribution is 0.235. The van der Waals surface area contributed by atoms with Crippen molar-refractivity contribution in [1.29, 1.82) is 0 Å². The van der Waals surface area contributed by atoms with Gasteiger partial charge in [0.05, 0.1) is 12.6 Å². The Bertz CT molecular complexity index is 560. The Morgan fingerprint density at radius 3 is 2.45 bits per heavy atom. The Kier molecular flexibility index (Phi) is 5.44. The molecule has 0 aliphatic rings. The molecule has 20 heavy (non-hydrogen) atoms. The van der Waals surface area contributed by atoms with Crippen molar-refractivity contribution in [1.82, 2.24) is 5.32 Å². The first-order valence-corrected chi connectivity index (χ1v) is 7.24. The molecule has 0 fully saturated rings. The highest BCUT2D eigenvalue weighted by Gasteiger charge is 2.16. The van der Waals surface area contributed by atoms with Crippen LogP contribution >= 0.6 is 23.2 Å². The van der Waals surface area contributed by atoms with Crippen LogP contribution in [0.4, 0.5) is 0 Å². The average Bonchev–Trinajstić information content (AvgIpc) is 2.48. The second-order valence-corrected chi connectivity index (χ2v) is 5.54. The molecule has 0 bridgehead atoms. The second kappa shape index (κ2) is 7.09. The zero-order chi connectivity index (χ0) is 14.5. The molecule has 2 nitrogen and oxygen atoms in total. The van der Waals surface area contributed by atoms with E-state index in [0.29, 0.717) is 10.0 Å². The van der Waals surface area contributed by atoms with Gasteiger partial charge in [0.1, 0.15) is 0 Å². The number of aliphatic hydroxyl groups is 1. The minimum atomic E-state index is -0.138. The molecule has 1 unspecified atom stereocenters. The summed E-state index contributed by atoms with van der Waals surface area (Å²) in [5.41, 5.74) is 1.97. The minimum absolute atomic E-state index is 0.0152. The Hall–Kier alpha value is -1.06. The number of nitrogens with one attached hydrogen (secondary N) is 1. The fraction of sp³-hybridized carbons (Fsp3) is 0.250. The zero-order valence-corrected chi connectivity index (χ0v) is 12.7. The van der Waals surface area contributed by atoms with Crippen LogP contribution in [0, 0.1) is 0 Å². The molecule has 2 rings (SSSR count). The predicted octanol–water partition coefficient (Wildman–Crippen LogP) is 4.38. The van der Waals surface area contributed by atoms with E-state index in [1.165, 1.54) is 0 Å². The van der Waals surface area contributed by atoms with E-state index in [1.54, 1.807) is 12.1 Å². The van der Waals surface area contributed by atoms with Crippen molar-refractivity contribution in [2.24, 2.45) is 0 Å². The average molecular weight is 310 g/mol. The lowest BCUT2D eigenvalue weighted by Gasteiger charge is -2.23. The maximum absolute atomic E-state index is 9.58. The van der Waals surface area contributed by atoms with Crippen molar-refractivity contribution < 1.29 is 5.11 Å². The molecular formula is C16H17Cl2NO. The largest absolute Gasteiger partial charge is 0.394 e. The third-order valence-corrected chi connectivity index (χ3v) is 3.84. The van der Waals surface area contributed by atoms with Crippen LogP contribution in [-0.2, 0) is 0 Å². The van der Waals surface area contributed by atoms with Gasteiger partial charge in [-0.25, -0.2) is 0 Å². The van der Waals surface area contributed by atoms with Crippen molar-refractivity contribution in [2.75, 3.05) is 6.61 Å². The Morgan fingerprint density at radius 2 is 1.80 bits per heavy atom. The van der Waals surface area contributed by atoms with Crippen LogP contribution in [0.3, 0.4) is 0 Å². The molecule has 0 aromatic heterocycles. The Morgan fingerprint density at radius 1 is 1.10 bits per heavy atom. The van der Waals surface area contributed by atoms with Crippen LogP contribution in [0.2, 0.25) is 10.0 Å². The van der Waals surface area contributed by atoms with E-state index in [-0.39, 0.29) is 18.7 Å². The summed E-state index contributed by atoms with van der Waals surface area (Å²) in [7, 11) is 0. The van der Waals surface area contributed by atoms with Gasteiger partial charge in [-0.15, -0.1) is 0 Å². The first-order valence-electron chi connectivity index (χ1n) is 6.48. The standard InChI is InChI=1S/C16H17Cl2NO/c1-11(14-9-13(17)7-8-15(14)18)19-16(10-20)12-5-3-2-4-6-12/h2-9,11,16,19-20H,10H2,1H3/t11?,16-/m0/s1. The summed E-state index contributed by atoms with van der Waals surface area (Å²) >= 11 is 12.2. The molecule has 0 spiro atoms. The van der Waals surface area contributed by atoms with E-state index in [4.69, 9.17) is 23.2 Å². The van der Waals surface area contributed by atoms with E-state index < -0.39 is 0 Å². The van der Waals surface area contributed by atoms with Crippen LogP contribution in [0.5, 0.6) is 0 Å². The molecule has 0 saturated heterocycles.